The minimum atomic E-state index is -3.81. The Morgan fingerprint density at radius 2 is 1.86 bits per heavy atom. The number of benzene rings is 1. The summed E-state index contributed by atoms with van der Waals surface area (Å²) in [7, 11) is -3.81. The van der Waals surface area contributed by atoms with Crippen LogP contribution < -0.4 is 10.0 Å². The van der Waals surface area contributed by atoms with Crippen LogP contribution in [0.4, 0.5) is 4.79 Å². The lowest BCUT2D eigenvalue weighted by Gasteiger charge is -2.19. The molecule has 2 rings (SSSR count). The summed E-state index contributed by atoms with van der Waals surface area (Å²) < 4.78 is 26.3. The highest BCUT2D eigenvalue weighted by Crippen LogP contribution is 2.15. The lowest BCUT2D eigenvalue weighted by molar-refractivity contribution is -0.119. The van der Waals surface area contributed by atoms with E-state index in [9.17, 15) is 18.0 Å². The van der Waals surface area contributed by atoms with Crippen LogP contribution >= 0.6 is 0 Å². The minimum Gasteiger partial charge on any atom is -0.337 e. The van der Waals surface area contributed by atoms with Crippen LogP contribution in [0.15, 0.2) is 48.7 Å². The lowest BCUT2D eigenvalue weighted by atomic mass is 9.95. The number of aryl methyl sites for hydroxylation is 1. The number of urea groups is 1. The molecule has 0 bridgehead atoms. The SMILES string of the molecule is CC(C)Cc1ccccc1CCC(=O)NS(=O)(=O)CCNC(=O)N1C=CC=CC1. The Morgan fingerprint density at radius 3 is 2.52 bits per heavy atom. The van der Waals surface area contributed by atoms with Crippen LogP contribution in [0.5, 0.6) is 0 Å². The van der Waals surface area contributed by atoms with Crippen molar-refractivity contribution in [3.05, 3.63) is 59.8 Å². The first-order valence-corrected chi connectivity index (χ1v) is 11.4. The maximum absolute atomic E-state index is 12.1. The molecule has 29 heavy (non-hydrogen) atoms. The van der Waals surface area contributed by atoms with Crippen LogP contribution in [0.3, 0.4) is 0 Å². The van der Waals surface area contributed by atoms with Crippen molar-refractivity contribution in [3.63, 3.8) is 0 Å². The third-order valence-corrected chi connectivity index (χ3v) is 5.64. The quantitative estimate of drug-likeness (QED) is 0.642. The second-order valence-corrected chi connectivity index (χ2v) is 9.21. The van der Waals surface area contributed by atoms with Gasteiger partial charge in [0.05, 0.1) is 5.75 Å². The summed E-state index contributed by atoms with van der Waals surface area (Å²) >= 11 is 0. The van der Waals surface area contributed by atoms with Crippen LogP contribution in [-0.4, -0.2) is 44.1 Å². The second-order valence-electron chi connectivity index (χ2n) is 7.36. The Balaban J connectivity index is 1.77. The summed E-state index contributed by atoms with van der Waals surface area (Å²) in [5.74, 6) is -0.404. The summed E-state index contributed by atoms with van der Waals surface area (Å²) in [6.45, 7) is 4.62. The molecule has 7 nitrogen and oxygen atoms in total. The van der Waals surface area contributed by atoms with Crippen molar-refractivity contribution in [3.8, 4) is 0 Å². The van der Waals surface area contributed by atoms with Gasteiger partial charge in [-0.2, -0.15) is 0 Å². The number of nitrogens with one attached hydrogen (secondary N) is 2. The number of amides is 3. The Labute approximate surface area is 172 Å². The summed E-state index contributed by atoms with van der Waals surface area (Å²) in [5.41, 5.74) is 2.24. The molecule has 0 unspecified atom stereocenters. The van der Waals surface area contributed by atoms with Crippen LogP contribution in [0.2, 0.25) is 0 Å². The normalized spacial score (nSPS) is 13.6. The van der Waals surface area contributed by atoms with E-state index in [4.69, 9.17) is 0 Å². The highest BCUT2D eigenvalue weighted by Gasteiger charge is 2.17. The zero-order valence-electron chi connectivity index (χ0n) is 16.9. The Hall–Kier alpha value is -2.61. The van der Waals surface area contributed by atoms with Gasteiger partial charge in [0, 0.05) is 25.7 Å². The molecule has 2 N–H and O–H groups in total. The maximum atomic E-state index is 12.1. The fourth-order valence-electron chi connectivity index (χ4n) is 2.98. The van der Waals surface area contributed by atoms with Crippen molar-refractivity contribution >= 4 is 22.0 Å². The topological polar surface area (TPSA) is 95.6 Å². The molecule has 0 aliphatic carbocycles. The predicted octanol–water partition coefficient (Wildman–Crippen LogP) is 2.36. The predicted molar refractivity (Wildman–Crippen MR) is 114 cm³/mol. The van der Waals surface area contributed by atoms with Crippen molar-refractivity contribution in [2.75, 3.05) is 18.8 Å². The van der Waals surface area contributed by atoms with Crippen LogP contribution in [-0.2, 0) is 27.7 Å². The molecule has 1 aromatic carbocycles. The van der Waals surface area contributed by atoms with Gasteiger partial charge in [0.2, 0.25) is 15.9 Å². The molecule has 3 amide bonds. The number of allylic oxidation sites excluding steroid dienone is 2. The van der Waals surface area contributed by atoms with E-state index in [1.807, 2.05) is 36.4 Å². The minimum absolute atomic E-state index is 0.0767. The largest absolute Gasteiger partial charge is 0.337 e. The molecule has 0 radical (unpaired) electrons. The van der Waals surface area contributed by atoms with E-state index in [-0.39, 0.29) is 24.7 Å². The molecule has 1 aliphatic rings. The monoisotopic (exact) mass is 419 g/mol. The Morgan fingerprint density at radius 1 is 1.14 bits per heavy atom. The van der Waals surface area contributed by atoms with Crippen LogP contribution in [0.1, 0.15) is 31.4 Å². The lowest BCUT2D eigenvalue weighted by Crippen LogP contribution is -2.41. The summed E-state index contributed by atoms with van der Waals surface area (Å²) in [5, 5.41) is 2.54. The molecule has 0 fully saturated rings. The zero-order chi connectivity index (χ0) is 21.3. The van der Waals surface area contributed by atoms with Crippen molar-refractivity contribution in [1.29, 1.82) is 0 Å². The van der Waals surface area contributed by atoms with Gasteiger partial charge in [0.15, 0.2) is 0 Å². The molecule has 0 saturated heterocycles. The Kier molecular flexibility index (Phi) is 8.45. The molecule has 1 aromatic rings. The maximum Gasteiger partial charge on any atom is 0.321 e. The first-order chi connectivity index (χ1) is 13.8. The highest BCUT2D eigenvalue weighted by atomic mass is 32.2. The first-order valence-electron chi connectivity index (χ1n) is 9.75. The number of nitrogens with zero attached hydrogens (tertiary/aromatic N) is 1. The molecule has 8 heteroatoms. The molecule has 0 atom stereocenters. The van der Waals surface area contributed by atoms with Gasteiger partial charge in [-0.15, -0.1) is 0 Å². The molecular weight excluding hydrogens is 390 g/mol. The van der Waals surface area contributed by atoms with Gasteiger partial charge in [-0.1, -0.05) is 50.3 Å². The van der Waals surface area contributed by atoms with E-state index < -0.39 is 15.9 Å². The fourth-order valence-corrected chi connectivity index (χ4v) is 3.90. The first kappa shape index (κ1) is 22.7. The van der Waals surface area contributed by atoms with Gasteiger partial charge in [-0.25, -0.2) is 13.2 Å². The molecule has 0 saturated carbocycles. The van der Waals surface area contributed by atoms with Gasteiger partial charge >= 0.3 is 6.03 Å². The average molecular weight is 420 g/mol. The smallest absolute Gasteiger partial charge is 0.321 e. The van der Waals surface area contributed by atoms with Crippen molar-refractivity contribution in [2.24, 2.45) is 5.92 Å². The third kappa shape index (κ3) is 8.11. The molecule has 1 heterocycles. The van der Waals surface area contributed by atoms with Crippen molar-refractivity contribution in [2.45, 2.75) is 33.1 Å². The average Bonchev–Trinajstić information content (AvgIpc) is 2.67. The zero-order valence-corrected chi connectivity index (χ0v) is 17.7. The van der Waals surface area contributed by atoms with Crippen LogP contribution in [0, 0.1) is 5.92 Å². The van der Waals surface area contributed by atoms with E-state index in [0.717, 1.165) is 12.0 Å². The molecular formula is C21H29N3O4S. The summed E-state index contributed by atoms with van der Waals surface area (Å²) in [6, 6.07) is 7.52. The van der Waals surface area contributed by atoms with Gasteiger partial charge in [-0.3, -0.25) is 14.4 Å². The Bertz CT molecular complexity index is 876. The number of hydrogen-bond acceptors (Lipinski definition) is 4. The number of rotatable bonds is 9. The van der Waals surface area contributed by atoms with E-state index in [2.05, 4.69) is 23.9 Å². The highest BCUT2D eigenvalue weighted by molar-refractivity contribution is 7.90. The second kappa shape index (κ2) is 10.8. The fraction of sp³-hybridized carbons (Fsp3) is 0.429. The number of carbonyl (C=O) groups is 2. The number of sulfonamides is 1. The van der Waals surface area contributed by atoms with Gasteiger partial charge in [0.1, 0.15) is 0 Å². The van der Waals surface area contributed by atoms with E-state index in [1.54, 1.807) is 12.3 Å². The molecule has 0 spiro atoms. The number of carbonyl (C=O) groups excluding carboxylic acids is 2. The van der Waals surface area contributed by atoms with E-state index in [1.165, 1.54) is 10.5 Å². The van der Waals surface area contributed by atoms with E-state index in [0.29, 0.717) is 18.9 Å². The van der Waals surface area contributed by atoms with Gasteiger partial charge in [0.25, 0.3) is 0 Å². The van der Waals surface area contributed by atoms with Crippen molar-refractivity contribution in [1.82, 2.24) is 14.9 Å². The molecule has 1 aliphatic heterocycles. The summed E-state index contributed by atoms with van der Waals surface area (Å²) in [4.78, 5) is 25.5. The molecule has 158 valence electrons. The number of hydrogen-bond donors (Lipinski definition) is 2. The standard InChI is InChI=1S/C21H29N3O4S/c1-17(2)16-19-9-5-4-8-18(19)10-11-20(25)23-29(27,28)15-12-22-21(26)24-13-6-3-7-14-24/h3-9,13,17H,10-12,14-16H2,1-2H3,(H,22,26)(H,23,25). The van der Waals surface area contributed by atoms with Crippen molar-refractivity contribution < 1.29 is 18.0 Å². The summed E-state index contributed by atoms with van der Waals surface area (Å²) in [6.07, 6.45) is 8.46. The van der Waals surface area contributed by atoms with Gasteiger partial charge in [-0.05, 0) is 36.0 Å². The molecule has 0 aromatic heterocycles. The van der Waals surface area contributed by atoms with Crippen LogP contribution in [0.25, 0.3) is 0 Å². The van der Waals surface area contributed by atoms with E-state index >= 15 is 0 Å². The van der Waals surface area contributed by atoms with Gasteiger partial charge < -0.3 is 5.32 Å². The third-order valence-electron chi connectivity index (χ3n) is 4.36.